The van der Waals surface area contributed by atoms with Crippen LogP contribution in [0.25, 0.3) is 6.08 Å². The number of allylic oxidation sites excluding steroid dienone is 1. The first-order valence-electron chi connectivity index (χ1n) is 9.45. The van der Waals surface area contributed by atoms with E-state index in [-0.39, 0.29) is 11.5 Å². The summed E-state index contributed by atoms with van der Waals surface area (Å²) < 4.78 is 17.1. The summed E-state index contributed by atoms with van der Waals surface area (Å²) in [7, 11) is 1.60. The van der Waals surface area contributed by atoms with Crippen molar-refractivity contribution in [3.05, 3.63) is 94.2 Å². The Morgan fingerprint density at radius 1 is 1.00 bits per heavy atom. The normalized spacial score (nSPS) is 13.9. The smallest absolute Gasteiger partial charge is 0.231 e. The van der Waals surface area contributed by atoms with Crippen molar-refractivity contribution in [2.75, 3.05) is 7.11 Å². The van der Waals surface area contributed by atoms with Crippen LogP contribution in [0.15, 0.2) is 66.4 Å². The van der Waals surface area contributed by atoms with Crippen LogP contribution in [0.3, 0.4) is 0 Å². The van der Waals surface area contributed by atoms with Crippen LogP contribution in [0.4, 0.5) is 0 Å². The van der Waals surface area contributed by atoms with Crippen LogP contribution in [0.5, 0.6) is 17.2 Å². The molecule has 0 atom stereocenters. The number of carbonyl (C=O) groups excluding carboxylic acids is 1. The van der Waals surface area contributed by atoms with Gasteiger partial charge in [-0.05, 0) is 49.2 Å². The zero-order valence-corrected chi connectivity index (χ0v) is 16.7. The zero-order chi connectivity index (χ0) is 20.4. The molecule has 3 aromatic rings. The van der Waals surface area contributed by atoms with Crippen molar-refractivity contribution in [3.8, 4) is 17.2 Å². The standard InChI is InChI=1S/C25H22O4/c1-16-8-9-17(2)19(12-16)15-28-20-10-11-21-23(14-20)29-24(25(21)26)13-18-6-4-5-7-22(18)27-3/h4-14H,15H2,1-3H3. The van der Waals surface area contributed by atoms with Crippen LogP contribution in [-0.2, 0) is 6.61 Å². The van der Waals surface area contributed by atoms with Gasteiger partial charge < -0.3 is 14.2 Å². The molecule has 4 heteroatoms. The van der Waals surface area contributed by atoms with Crippen molar-refractivity contribution in [1.29, 1.82) is 0 Å². The fourth-order valence-corrected chi connectivity index (χ4v) is 3.30. The van der Waals surface area contributed by atoms with E-state index in [4.69, 9.17) is 14.2 Å². The quantitative estimate of drug-likeness (QED) is 0.543. The second-order valence-electron chi connectivity index (χ2n) is 7.06. The summed E-state index contributed by atoms with van der Waals surface area (Å²) >= 11 is 0. The van der Waals surface area contributed by atoms with Gasteiger partial charge in [0.25, 0.3) is 0 Å². The number of ketones is 1. The lowest BCUT2D eigenvalue weighted by atomic mass is 10.1. The van der Waals surface area contributed by atoms with Crippen molar-refractivity contribution in [2.24, 2.45) is 0 Å². The maximum absolute atomic E-state index is 12.7. The van der Waals surface area contributed by atoms with Crippen molar-refractivity contribution in [3.63, 3.8) is 0 Å². The van der Waals surface area contributed by atoms with Crippen molar-refractivity contribution in [2.45, 2.75) is 20.5 Å². The second-order valence-corrected chi connectivity index (χ2v) is 7.06. The highest BCUT2D eigenvalue weighted by Crippen LogP contribution is 2.36. The van der Waals surface area contributed by atoms with Gasteiger partial charge in [0.15, 0.2) is 5.76 Å². The first-order chi connectivity index (χ1) is 14.0. The highest BCUT2D eigenvalue weighted by atomic mass is 16.5. The molecule has 3 aromatic carbocycles. The minimum Gasteiger partial charge on any atom is -0.496 e. The number of benzene rings is 3. The Balaban J connectivity index is 1.54. The topological polar surface area (TPSA) is 44.8 Å². The van der Waals surface area contributed by atoms with Gasteiger partial charge in [-0.15, -0.1) is 0 Å². The van der Waals surface area contributed by atoms with E-state index in [0.717, 1.165) is 11.1 Å². The van der Waals surface area contributed by atoms with Gasteiger partial charge in [-0.1, -0.05) is 42.0 Å². The molecule has 0 spiro atoms. The Morgan fingerprint density at radius 3 is 2.66 bits per heavy atom. The first-order valence-corrected chi connectivity index (χ1v) is 9.45. The number of para-hydroxylation sites is 1. The molecular weight excluding hydrogens is 364 g/mol. The van der Waals surface area contributed by atoms with Crippen molar-refractivity contribution < 1.29 is 19.0 Å². The van der Waals surface area contributed by atoms with Crippen molar-refractivity contribution in [1.82, 2.24) is 0 Å². The highest BCUT2D eigenvalue weighted by molar-refractivity contribution is 6.14. The number of rotatable bonds is 5. The maximum Gasteiger partial charge on any atom is 0.231 e. The molecule has 1 heterocycles. The van der Waals surface area contributed by atoms with Gasteiger partial charge in [0.1, 0.15) is 23.9 Å². The van der Waals surface area contributed by atoms with Crippen LogP contribution in [0.2, 0.25) is 0 Å². The van der Waals surface area contributed by atoms with Crippen LogP contribution >= 0.6 is 0 Å². The molecular formula is C25H22O4. The third kappa shape index (κ3) is 3.87. The van der Waals surface area contributed by atoms with Gasteiger partial charge in [-0.25, -0.2) is 0 Å². The monoisotopic (exact) mass is 386 g/mol. The lowest BCUT2D eigenvalue weighted by Crippen LogP contribution is -1.99. The van der Waals surface area contributed by atoms with E-state index >= 15 is 0 Å². The highest BCUT2D eigenvalue weighted by Gasteiger charge is 2.28. The summed E-state index contributed by atoms with van der Waals surface area (Å²) in [4.78, 5) is 12.7. The van der Waals surface area contributed by atoms with E-state index in [1.54, 1.807) is 31.4 Å². The largest absolute Gasteiger partial charge is 0.496 e. The molecule has 0 aromatic heterocycles. The molecule has 0 fully saturated rings. The van der Waals surface area contributed by atoms with Gasteiger partial charge in [-0.3, -0.25) is 4.79 Å². The molecule has 0 N–H and O–H groups in total. The Hall–Kier alpha value is -3.53. The van der Waals surface area contributed by atoms with Gasteiger partial charge in [0, 0.05) is 11.6 Å². The second kappa shape index (κ2) is 7.84. The number of hydrogen-bond donors (Lipinski definition) is 0. The van der Waals surface area contributed by atoms with E-state index < -0.39 is 0 Å². The molecule has 0 bridgehead atoms. The van der Waals surface area contributed by atoms with Gasteiger partial charge in [0.05, 0.1) is 12.7 Å². The summed E-state index contributed by atoms with van der Waals surface area (Å²) in [6, 6.07) is 19.1. The number of Topliss-reactive ketones (excluding diaryl/α,β-unsaturated/α-hetero) is 1. The summed E-state index contributed by atoms with van der Waals surface area (Å²) in [6.07, 6.45) is 1.71. The predicted molar refractivity (Wildman–Crippen MR) is 113 cm³/mol. The number of fused-ring (bicyclic) bond motifs is 1. The Kier molecular flexibility index (Phi) is 5.09. The third-order valence-corrected chi connectivity index (χ3v) is 4.97. The molecule has 0 radical (unpaired) electrons. The van der Waals surface area contributed by atoms with E-state index in [0.29, 0.717) is 29.4 Å². The fraction of sp³-hybridized carbons (Fsp3) is 0.160. The summed E-state index contributed by atoms with van der Waals surface area (Å²) in [5.41, 5.74) is 4.84. The molecule has 146 valence electrons. The van der Waals surface area contributed by atoms with Gasteiger partial charge in [-0.2, -0.15) is 0 Å². The molecule has 29 heavy (non-hydrogen) atoms. The molecule has 1 aliphatic rings. The van der Waals surface area contributed by atoms with E-state index in [1.807, 2.05) is 24.3 Å². The minimum atomic E-state index is -0.146. The van der Waals surface area contributed by atoms with E-state index in [9.17, 15) is 4.79 Å². The van der Waals surface area contributed by atoms with Crippen LogP contribution in [-0.4, -0.2) is 12.9 Å². The average Bonchev–Trinajstić information content (AvgIpc) is 3.04. The Bertz CT molecular complexity index is 1110. The Labute approximate surface area is 170 Å². The predicted octanol–water partition coefficient (Wildman–Crippen LogP) is 5.51. The molecule has 0 saturated heterocycles. The minimum absolute atomic E-state index is 0.146. The number of hydrogen-bond acceptors (Lipinski definition) is 4. The molecule has 0 amide bonds. The number of methoxy groups -OCH3 is 1. The molecule has 0 unspecified atom stereocenters. The lowest BCUT2D eigenvalue weighted by molar-refractivity contribution is 0.101. The van der Waals surface area contributed by atoms with Crippen LogP contribution in [0.1, 0.15) is 32.6 Å². The molecule has 1 aliphatic heterocycles. The first kappa shape index (κ1) is 18.8. The number of aryl methyl sites for hydroxylation is 2. The average molecular weight is 386 g/mol. The molecule has 4 nitrogen and oxygen atoms in total. The Morgan fingerprint density at radius 2 is 1.83 bits per heavy atom. The van der Waals surface area contributed by atoms with E-state index in [1.165, 1.54) is 11.1 Å². The summed E-state index contributed by atoms with van der Waals surface area (Å²) in [5, 5.41) is 0. The third-order valence-electron chi connectivity index (χ3n) is 4.97. The van der Waals surface area contributed by atoms with Crippen molar-refractivity contribution >= 4 is 11.9 Å². The van der Waals surface area contributed by atoms with Gasteiger partial charge >= 0.3 is 0 Å². The maximum atomic E-state index is 12.7. The summed E-state index contributed by atoms with van der Waals surface area (Å²) in [6.45, 7) is 4.59. The van der Waals surface area contributed by atoms with Crippen LogP contribution < -0.4 is 14.2 Å². The van der Waals surface area contributed by atoms with Gasteiger partial charge in [0.2, 0.25) is 5.78 Å². The molecule has 4 rings (SSSR count). The number of carbonyl (C=O) groups is 1. The zero-order valence-electron chi connectivity index (χ0n) is 16.7. The lowest BCUT2D eigenvalue weighted by Gasteiger charge is -2.10. The SMILES string of the molecule is COc1ccccc1C=C1Oc2cc(OCc3cc(C)ccc3C)ccc2C1=O. The van der Waals surface area contributed by atoms with E-state index in [2.05, 4.69) is 32.0 Å². The molecule has 0 aliphatic carbocycles. The number of ether oxygens (including phenoxy) is 3. The summed E-state index contributed by atoms with van der Waals surface area (Å²) in [5.74, 6) is 1.98. The van der Waals surface area contributed by atoms with Crippen LogP contribution in [0, 0.1) is 13.8 Å². The molecule has 0 saturated carbocycles. The fourth-order valence-electron chi connectivity index (χ4n) is 3.30.